The molecule has 2 aromatic carbocycles. The number of nitrogen functional groups attached to an aromatic ring is 1. The quantitative estimate of drug-likeness (QED) is 0.389. The predicted molar refractivity (Wildman–Crippen MR) is 136 cm³/mol. The van der Waals surface area contributed by atoms with Gasteiger partial charge in [0.2, 0.25) is 0 Å². The van der Waals surface area contributed by atoms with Gasteiger partial charge >= 0.3 is 0 Å². The van der Waals surface area contributed by atoms with Gasteiger partial charge in [0.05, 0.1) is 17.1 Å². The number of aromatic nitrogens is 5. The van der Waals surface area contributed by atoms with E-state index in [1.165, 1.54) is 11.1 Å². The fraction of sp³-hybridized carbons (Fsp3) is 0.143. The number of nitrogens with zero attached hydrogens (tertiary/aromatic N) is 6. The Morgan fingerprint density at radius 1 is 0.886 bits per heavy atom. The Hall–Kier alpha value is -4.36. The monoisotopic (exact) mass is 459 g/mol. The van der Waals surface area contributed by atoms with Gasteiger partial charge in [-0.1, -0.05) is 18.2 Å². The first-order valence-corrected chi connectivity index (χ1v) is 11.7. The van der Waals surface area contributed by atoms with E-state index in [1.807, 2.05) is 77.9 Å². The molecule has 0 saturated carbocycles. The van der Waals surface area contributed by atoms with E-state index in [0.29, 0.717) is 0 Å². The lowest BCUT2D eigenvalue weighted by atomic mass is 10.0. The molecule has 35 heavy (non-hydrogen) atoms. The van der Waals surface area contributed by atoms with E-state index in [4.69, 9.17) is 15.8 Å². The van der Waals surface area contributed by atoms with Crippen molar-refractivity contribution < 1.29 is 0 Å². The lowest BCUT2D eigenvalue weighted by Gasteiger charge is -2.28. The van der Waals surface area contributed by atoms with Gasteiger partial charge in [0.25, 0.3) is 0 Å². The fourth-order valence-electron chi connectivity index (χ4n) is 4.51. The Morgan fingerprint density at radius 2 is 1.69 bits per heavy atom. The third-order valence-corrected chi connectivity index (χ3v) is 6.34. The molecule has 0 fully saturated rings. The van der Waals surface area contributed by atoms with Crippen LogP contribution < -0.4 is 5.73 Å². The van der Waals surface area contributed by atoms with Gasteiger partial charge in [0.15, 0.2) is 5.82 Å². The minimum absolute atomic E-state index is 0.740. The number of hydrogen-bond donors (Lipinski definition) is 1. The highest BCUT2D eigenvalue weighted by atomic mass is 15.3. The number of fused-ring (bicyclic) bond motifs is 1. The number of pyridine rings is 1. The van der Waals surface area contributed by atoms with Crippen LogP contribution in [0.5, 0.6) is 0 Å². The largest absolute Gasteiger partial charge is 0.399 e. The van der Waals surface area contributed by atoms with Gasteiger partial charge < -0.3 is 5.73 Å². The van der Waals surface area contributed by atoms with Crippen LogP contribution in [0.1, 0.15) is 16.8 Å². The summed E-state index contributed by atoms with van der Waals surface area (Å²) in [5, 5.41) is 4.94. The van der Waals surface area contributed by atoms with Crippen molar-refractivity contribution in [3.05, 3.63) is 108 Å². The first-order chi connectivity index (χ1) is 17.2. The van der Waals surface area contributed by atoms with Crippen molar-refractivity contribution in [1.29, 1.82) is 0 Å². The van der Waals surface area contributed by atoms with Crippen molar-refractivity contribution in [2.75, 3.05) is 12.3 Å². The Balaban J connectivity index is 1.26. The minimum atomic E-state index is 0.740. The summed E-state index contributed by atoms with van der Waals surface area (Å²) in [6, 6.07) is 22.0. The van der Waals surface area contributed by atoms with E-state index in [-0.39, 0.29) is 0 Å². The van der Waals surface area contributed by atoms with E-state index in [0.717, 1.165) is 65.8 Å². The Labute approximate surface area is 203 Å². The summed E-state index contributed by atoms with van der Waals surface area (Å²) >= 11 is 0. The molecule has 1 aliphatic heterocycles. The van der Waals surface area contributed by atoms with Crippen molar-refractivity contribution in [3.8, 4) is 28.3 Å². The number of nitrogens with two attached hydrogens (primary N) is 1. The number of rotatable bonds is 5. The number of benzene rings is 2. The predicted octanol–water partition coefficient (Wildman–Crippen LogP) is 4.53. The van der Waals surface area contributed by atoms with Crippen molar-refractivity contribution in [2.24, 2.45) is 0 Å². The van der Waals surface area contributed by atoms with Gasteiger partial charge in [-0.2, -0.15) is 5.10 Å². The molecule has 0 unspecified atom stereocenters. The first-order valence-electron chi connectivity index (χ1n) is 11.7. The molecule has 7 heteroatoms. The Morgan fingerprint density at radius 3 is 2.49 bits per heavy atom. The highest BCUT2D eigenvalue weighted by Crippen LogP contribution is 2.27. The van der Waals surface area contributed by atoms with Crippen LogP contribution in [-0.4, -0.2) is 36.2 Å². The number of hydrogen-bond acceptors (Lipinski definition) is 6. The summed E-state index contributed by atoms with van der Waals surface area (Å²) in [5.74, 6) is 0.751. The van der Waals surface area contributed by atoms with Gasteiger partial charge in [-0.05, 0) is 48.5 Å². The smallest absolute Gasteiger partial charge is 0.159 e. The summed E-state index contributed by atoms with van der Waals surface area (Å²) in [4.78, 5) is 16.1. The average Bonchev–Trinajstić information content (AvgIpc) is 3.33. The van der Waals surface area contributed by atoms with Gasteiger partial charge in [0.1, 0.15) is 0 Å². The summed E-state index contributed by atoms with van der Waals surface area (Å²) in [6.45, 7) is 2.53. The number of para-hydroxylation sites is 1. The second kappa shape index (κ2) is 9.12. The van der Waals surface area contributed by atoms with Crippen LogP contribution in [0.25, 0.3) is 28.3 Å². The summed E-state index contributed by atoms with van der Waals surface area (Å²) in [5.41, 5.74) is 14.1. The van der Waals surface area contributed by atoms with Crippen molar-refractivity contribution in [1.82, 2.24) is 29.6 Å². The van der Waals surface area contributed by atoms with Crippen LogP contribution in [0.4, 0.5) is 5.69 Å². The van der Waals surface area contributed by atoms with Gasteiger partial charge in [-0.25, -0.2) is 14.6 Å². The summed E-state index contributed by atoms with van der Waals surface area (Å²) in [7, 11) is 0. The number of anilines is 1. The molecule has 3 aromatic heterocycles. The second-order valence-electron chi connectivity index (χ2n) is 8.77. The molecular formula is C28H25N7. The van der Waals surface area contributed by atoms with E-state index in [9.17, 15) is 0 Å². The molecule has 0 aliphatic carbocycles. The van der Waals surface area contributed by atoms with Crippen molar-refractivity contribution in [2.45, 2.75) is 19.5 Å². The maximum absolute atomic E-state index is 5.82. The minimum Gasteiger partial charge on any atom is -0.399 e. The molecule has 0 bridgehead atoms. The zero-order valence-corrected chi connectivity index (χ0v) is 19.2. The molecule has 172 valence electrons. The molecule has 1 aliphatic rings. The lowest BCUT2D eigenvalue weighted by Crippen LogP contribution is -2.31. The molecule has 5 aromatic rings. The lowest BCUT2D eigenvalue weighted by molar-refractivity contribution is 0.243. The normalized spacial score (nSPS) is 13.5. The van der Waals surface area contributed by atoms with Gasteiger partial charge in [-0.15, -0.1) is 0 Å². The molecule has 0 spiro atoms. The average molecular weight is 460 g/mol. The Kier molecular flexibility index (Phi) is 5.52. The van der Waals surface area contributed by atoms with E-state index >= 15 is 0 Å². The van der Waals surface area contributed by atoms with Crippen LogP contribution in [0.15, 0.2) is 91.5 Å². The van der Waals surface area contributed by atoms with E-state index in [2.05, 4.69) is 33.2 Å². The van der Waals surface area contributed by atoms with Crippen molar-refractivity contribution >= 4 is 5.69 Å². The standard InChI is InChI=1S/C28H25N7/c29-24-8-6-21(7-9-24)28-31-16-22-17-34(15-12-26(22)32-28)18-23-19-35(25-4-2-1-3-5-25)33-27(23)20-10-13-30-14-11-20/h1-11,13-14,16,19H,12,15,17-18,29H2. The summed E-state index contributed by atoms with van der Waals surface area (Å²) < 4.78 is 1.96. The highest BCUT2D eigenvalue weighted by Gasteiger charge is 2.22. The molecule has 0 radical (unpaired) electrons. The van der Waals surface area contributed by atoms with Gasteiger partial charge in [-0.3, -0.25) is 9.88 Å². The topological polar surface area (TPSA) is 85.8 Å². The molecule has 7 nitrogen and oxygen atoms in total. The molecule has 6 rings (SSSR count). The fourth-order valence-corrected chi connectivity index (χ4v) is 4.51. The SMILES string of the molecule is Nc1ccc(-c2ncc3c(n2)CCN(Cc2cn(-c4ccccc4)nc2-c2ccncc2)C3)cc1. The van der Waals surface area contributed by atoms with Gasteiger partial charge in [0, 0.05) is 78.8 Å². The van der Waals surface area contributed by atoms with Crippen molar-refractivity contribution in [3.63, 3.8) is 0 Å². The maximum atomic E-state index is 5.82. The molecule has 4 heterocycles. The van der Waals surface area contributed by atoms with E-state index < -0.39 is 0 Å². The third-order valence-electron chi connectivity index (χ3n) is 6.34. The highest BCUT2D eigenvalue weighted by molar-refractivity contribution is 5.63. The molecule has 0 atom stereocenters. The summed E-state index contributed by atoms with van der Waals surface area (Å²) in [6.07, 6.45) is 8.62. The maximum Gasteiger partial charge on any atom is 0.159 e. The van der Waals surface area contributed by atoms with Crippen LogP contribution in [0.3, 0.4) is 0 Å². The van der Waals surface area contributed by atoms with E-state index in [1.54, 1.807) is 0 Å². The zero-order valence-electron chi connectivity index (χ0n) is 19.2. The molecule has 0 saturated heterocycles. The molecule has 0 amide bonds. The second-order valence-corrected chi connectivity index (χ2v) is 8.77. The van der Waals surface area contributed by atoms with Crippen LogP contribution in [-0.2, 0) is 19.5 Å². The van der Waals surface area contributed by atoms with Crippen LogP contribution >= 0.6 is 0 Å². The molecule has 2 N–H and O–H groups in total. The van der Waals surface area contributed by atoms with Crippen LogP contribution in [0.2, 0.25) is 0 Å². The van der Waals surface area contributed by atoms with Crippen LogP contribution in [0, 0.1) is 0 Å². The third kappa shape index (κ3) is 4.41. The zero-order chi connectivity index (χ0) is 23.6. The first kappa shape index (κ1) is 21.2. The Bertz CT molecular complexity index is 1440. The molecular weight excluding hydrogens is 434 g/mol.